The molecule has 3 aromatic rings. The van der Waals surface area contributed by atoms with Gasteiger partial charge in [-0.25, -0.2) is 4.79 Å². The summed E-state index contributed by atoms with van der Waals surface area (Å²) in [6, 6.07) is 7.09. The Bertz CT molecular complexity index is 1220. The van der Waals surface area contributed by atoms with E-state index in [0.29, 0.717) is 41.7 Å². The molecule has 0 unspecified atom stereocenters. The highest BCUT2D eigenvalue weighted by molar-refractivity contribution is 6.00. The number of anilines is 3. The zero-order valence-corrected chi connectivity index (χ0v) is 19.7. The summed E-state index contributed by atoms with van der Waals surface area (Å²) in [5.74, 6) is 0.460. The summed E-state index contributed by atoms with van der Waals surface area (Å²) in [5.41, 5.74) is 2.43. The predicted molar refractivity (Wildman–Crippen MR) is 126 cm³/mol. The molecule has 178 valence electrons. The van der Waals surface area contributed by atoms with Crippen LogP contribution in [0.25, 0.3) is 11.3 Å². The maximum Gasteiger partial charge on any atom is 0.326 e. The fraction of sp³-hybridized carbons (Fsp3) is 0.364. The maximum absolute atomic E-state index is 12.8. The van der Waals surface area contributed by atoms with Crippen LogP contribution in [0.2, 0.25) is 0 Å². The van der Waals surface area contributed by atoms with Crippen molar-refractivity contribution < 1.29 is 14.3 Å². The molecule has 0 bridgehead atoms. The number of urea groups is 1. The van der Waals surface area contributed by atoms with Gasteiger partial charge in [0.2, 0.25) is 0 Å². The van der Waals surface area contributed by atoms with Crippen LogP contribution in [-0.2, 0) is 7.05 Å². The number of benzene rings is 1. The van der Waals surface area contributed by atoms with Crippen molar-refractivity contribution in [2.24, 2.45) is 7.05 Å². The Morgan fingerprint density at radius 3 is 2.59 bits per heavy atom. The van der Waals surface area contributed by atoms with Gasteiger partial charge in [-0.15, -0.1) is 10.2 Å². The maximum atomic E-state index is 12.8. The van der Waals surface area contributed by atoms with Crippen molar-refractivity contribution >= 4 is 29.1 Å². The quantitative estimate of drug-likeness (QED) is 0.542. The lowest BCUT2D eigenvalue weighted by molar-refractivity contribution is 0.0958. The van der Waals surface area contributed by atoms with E-state index >= 15 is 0 Å². The third-order valence-corrected chi connectivity index (χ3v) is 5.53. The molecule has 2 N–H and O–H groups in total. The molecule has 1 fully saturated rings. The van der Waals surface area contributed by atoms with Crippen LogP contribution in [0.1, 0.15) is 24.3 Å². The monoisotopic (exact) mass is 465 g/mol. The van der Waals surface area contributed by atoms with Gasteiger partial charge in [0.1, 0.15) is 5.69 Å². The van der Waals surface area contributed by atoms with E-state index in [9.17, 15) is 9.59 Å². The second-order valence-electron chi connectivity index (χ2n) is 8.00. The number of rotatable bonds is 7. The van der Waals surface area contributed by atoms with Gasteiger partial charge in [0, 0.05) is 44.9 Å². The van der Waals surface area contributed by atoms with Crippen molar-refractivity contribution in [3.63, 3.8) is 0 Å². The van der Waals surface area contributed by atoms with Crippen LogP contribution in [0.3, 0.4) is 0 Å². The molecule has 0 atom stereocenters. The summed E-state index contributed by atoms with van der Waals surface area (Å²) in [6.45, 7) is 5.00. The van der Waals surface area contributed by atoms with Gasteiger partial charge >= 0.3 is 6.03 Å². The number of nitrogens with one attached hydrogen (secondary N) is 2. The van der Waals surface area contributed by atoms with E-state index < -0.39 is 5.91 Å². The van der Waals surface area contributed by atoms with E-state index in [1.165, 1.54) is 11.8 Å². The summed E-state index contributed by atoms with van der Waals surface area (Å²) in [4.78, 5) is 30.1. The molecule has 1 saturated heterocycles. The van der Waals surface area contributed by atoms with Gasteiger partial charge in [0.25, 0.3) is 5.91 Å². The van der Waals surface area contributed by atoms with E-state index in [1.54, 1.807) is 36.2 Å². The molecular weight excluding hydrogens is 438 g/mol. The van der Waals surface area contributed by atoms with E-state index in [4.69, 9.17) is 4.74 Å². The number of hydrogen-bond donors (Lipinski definition) is 2. The van der Waals surface area contributed by atoms with Crippen molar-refractivity contribution in [2.75, 3.05) is 37.5 Å². The van der Waals surface area contributed by atoms with Crippen LogP contribution in [0, 0.1) is 0 Å². The number of para-hydroxylation sites is 1. The molecule has 0 spiro atoms. The average molecular weight is 466 g/mol. The third-order valence-electron chi connectivity index (χ3n) is 5.53. The lowest BCUT2D eigenvalue weighted by Gasteiger charge is -2.21. The predicted octanol–water partition coefficient (Wildman–Crippen LogP) is 2.03. The molecule has 34 heavy (non-hydrogen) atoms. The Kier molecular flexibility index (Phi) is 6.30. The fourth-order valence-electron chi connectivity index (χ4n) is 3.81. The molecule has 0 radical (unpaired) electrons. The van der Waals surface area contributed by atoms with E-state index in [1.807, 2.05) is 32.0 Å². The van der Waals surface area contributed by atoms with Crippen LogP contribution in [0.5, 0.6) is 5.75 Å². The first-order chi connectivity index (χ1) is 16.3. The van der Waals surface area contributed by atoms with Gasteiger partial charge in [-0.2, -0.15) is 15.0 Å². The van der Waals surface area contributed by atoms with Crippen molar-refractivity contribution in [3.05, 3.63) is 36.2 Å². The summed E-state index contributed by atoms with van der Waals surface area (Å²) in [5, 5.41) is 22.6. The van der Waals surface area contributed by atoms with Crippen molar-refractivity contribution in [2.45, 2.75) is 19.9 Å². The zero-order valence-electron chi connectivity index (χ0n) is 19.7. The fourth-order valence-corrected chi connectivity index (χ4v) is 3.81. The topological polar surface area (TPSA) is 130 Å². The number of aryl methyl sites for hydroxylation is 1. The zero-order chi connectivity index (χ0) is 24.4. The average Bonchev–Trinajstić information content (AvgIpc) is 3.43. The summed E-state index contributed by atoms with van der Waals surface area (Å²) >= 11 is 0. The number of methoxy groups -OCH3 is 1. The molecule has 1 aliphatic heterocycles. The lowest BCUT2D eigenvalue weighted by atomic mass is 10.1. The first kappa shape index (κ1) is 23.0. The Morgan fingerprint density at radius 2 is 1.97 bits per heavy atom. The molecule has 1 aromatic carbocycles. The normalized spacial score (nSPS) is 13.5. The Hall–Kier alpha value is -4.22. The standard InChI is InChI=1S/C22H27N9O3/c1-13(2)30-9-10-31(22(30)33)18-11-16(19(27-26-18)21(32)23-3)25-15-8-6-7-14(20(15)34-5)17-12-24-29(4)28-17/h6-8,11-13H,9-10H2,1-5H3,(H,23,32)(H,25,26). The van der Waals surface area contributed by atoms with Gasteiger partial charge in [-0.05, 0) is 26.0 Å². The molecule has 1 aliphatic rings. The largest absolute Gasteiger partial charge is 0.494 e. The van der Waals surface area contributed by atoms with E-state index in [2.05, 4.69) is 31.0 Å². The molecule has 0 aliphatic carbocycles. The van der Waals surface area contributed by atoms with Crippen molar-refractivity contribution in [3.8, 4) is 17.0 Å². The summed E-state index contributed by atoms with van der Waals surface area (Å²) in [6.07, 6.45) is 1.64. The van der Waals surface area contributed by atoms with Crippen LogP contribution < -0.4 is 20.3 Å². The molecule has 4 rings (SSSR count). The molecule has 3 amide bonds. The second kappa shape index (κ2) is 9.33. The van der Waals surface area contributed by atoms with Gasteiger partial charge in [0.05, 0.1) is 24.7 Å². The van der Waals surface area contributed by atoms with E-state index in [-0.39, 0.29) is 17.8 Å². The number of carbonyl (C=O) groups excluding carboxylic acids is 2. The lowest BCUT2D eigenvalue weighted by Crippen LogP contribution is -2.36. The Morgan fingerprint density at radius 1 is 1.18 bits per heavy atom. The van der Waals surface area contributed by atoms with Crippen LogP contribution in [-0.4, -0.2) is 75.3 Å². The van der Waals surface area contributed by atoms with Crippen molar-refractivity contribution in [1.82, 2.24) is 35.4 Å². The van der Waals surface area contributed by atoms with Gasteiger partial charge in [-0.3, -0.25) is 9.69 Å². The number of carbonyl (C=O) groups is 2. The van der Waals surface area contributed by atoms with Crippen LogP contribution in [0.15, 0.2) is 30.5 Å². The number of hydrogen-bond acceptors (Lipinski definition) is 8. The molecule has 0 saturated carbocycles. The van der Waals surface area contributed by atoms with E-state index in [0.717, 1.165) is 5.56 Å². The minimum atomic E-state index is -0.415. The molecule has 2 aromatic heterocycles. The first-order valence-electron chi connectivity index (χ1n) is 10.8. The minimum Gasteiger partial charge on any atom is -0.494 e. The number of aromatic nitrogens is 5. The van der Waals surface area contributed by atoms with Crippen LogP contribution >= 0.6 is 0 Å². The molecular formula is C22H27N9O3. The third kappa shape index (κ3) is 4.21. The smallest absolute Gasteiger partial charge is 0.326 e. The van der Waals surface area contributed by atoms with Crippen molar-refractivity contribution in [1.29, 1.82) is 0 Å². The first-order valence-corrected chi connectivity index (χ1v) is 10.8. The SMILES string of the molecule is CNC(=O)c1nnc(N2CCN(C(C)C)C2=O)cc1Nc1cccc(-c2cnn(C)n2)c1OC. The Balaban J connectivity index is 1.74. The highest BCUT2D eigenvalue weighted by Gasteiger charge is 2.33. The summed E-state index contributed by atoms with van der Waals surface area (Å²) < 4.78 is 5.68. The highest BCUT2D eigenvalue weighted by atomic mass is 16.5. The van der Waals surface area contributed by atoms with Gasteiger partial charge < -0.3 is 20.3 Å². The highest BCUT2D eigenvalue weighted by Crippen LogP contribution is 2.37. The minimum absolute atomic E-state index is 0.0706. The van der Waals surface area contributed by atoms with Crippen LogP contribution in [0.4, 0.5) is 22.0 Å². The molecule has 12 nitrogen and oxygen atoms in total. The molecule has 3 heterocycles. The van der Waals surface area contributed by atoms with Gasteiger partial charge in [-0.1, -0.05) is 6.07 Å². The number of amides is 3. The second-order valence-corrected chi connectivity index (χ2v) is 8.00. The summed E-state index contributed by atoms with van der Waals surface area (Å²) in [7, 11) is 4.80. The van der Waals surface area contributed by atoms with Gasteiger partial charge in [0.15, 0.2) is 17.3 Å². The number of ether oxygens (including phenoxy) is 1. The number of nitrogens with zero attached hydrogens (tertiary/aromatic N) is 7. The molecule has 12 heteroatoms. The Labute approximate surface area is 196 Å².